The number of aromatic nitrogens is 2. The molecule has 0 unspecified atom stereocenters. The van der Waals surface area contributed by atoms with Crippen molar-refractivity contribution < 1.29 is 0 Å². The second-order valence-corrected chi connectivity index (χ2v) is 8.13. The molecule has 7 aromatic rings. The Morgan fingerprint density at radius 2 is 1.23 bits per heavy atom. The smallest absolute Gasteiger partial charge is 0.0803 e. The fraction of sp³-hybridized carbons (Fsp3) is 0. The van der Waals surface area contributed by atoms with Gasteiger partial charge in [-0.2, -0.15) is 0 Å². The summed E-state index contributed by atoms with van der Waals surface area (Å²) in [5.41, 5.74) is 5.63. The van der Waals surface area contributed by atoms with Crippen molar-refractivity contribution in [2.45, 2.75) is 0 Å². The molecule has 2 heterocycles. The molecule has 0 saturated heterocycles. The van der Waals surface area contributed by atoms with E-state index in [1.165, 1.54) is 43.4 Å². The summed E-state index contributed by atoms with van der Waals surface area (Å²) in [7, 11) is 0. The predicted molar refractivity (Wildman–Crippen MR) is 131 cm³/mol. The first-order chi connectivity index (χ1) is 15.3. The van der Waals surface area contributed by atoms with E-state index in [1.54, 1.807) is 0 Å². The number of nitrogen functional groups attached to an aromatic ring is 1. The Labute approximate surface area is 178 Å². The molecule has 0 spiro atoms. The van der Waals surface area contributed by atoms with E-state index in [0.29, 0.717) is 0 Å². The molecule has 0 saturated carbocycles. The van der Waals surface area contributed by atoms with E-state index in [1.807, 2.05) is 4.68 Å². The molecule has 5 aromatic carbocycles. The van der Waals surface area contributed by atoms with Crippen molar-refractivity contribution in [3.05, 3.63) is 103 Å². The van der Waals surface area contributed by atoms with Gasteiger partial charge in [0, 0.05) is 27.2 Å². The first kappa shape index (κ1) is 16.5. The highest BCUT2D eigenvalue weighted by molar-refractivity contribution is 6.26. The van der Waals surface area contributed by atoms with Crippen LogP contribution < -0.4 is 5.84 Å². The predicted octanol–water partition coefficient (Wildman–Crippen LogP) is 6.76. The van der Waals surface area contributed by atoms with Gasteiger partial charge >= 0.3 is 0 Å². The number of hydrogen-bond acceptors (Lipinski definition) is 1. The Balaban J connectivity index is 1.73. The maximum absolute atomic E-state index is 6.78. The molecule has 0 radical (unpaired) electrons. The molecule has 7 rings (SSSR count). The summed E-state index contributed by atoms with van der Waals surface area (Å²) in [6.45, 7) is 0. The molecular weight excluding hydrogens is 378 g/mol. The van der Waals surface area contributed by atoms with Crippen LogP contribution in [0.4, 0.5) is 0 Å². The number of hydrogen-bond donors (Lipinski definition) is 1. The Hall–Kier alpha value is -4.24. The molecule has 3 heteroatoms. The van der Waals surface area contributed by atoms with Crippen LogP contribution in [-0.4, -0.2) is 9.24 Å². The van der Waals surface area contributed by atoms with Crippen LogP contribution in [0.2, 0.25) is 0 Å². The van der Waals surface area contributed by atoms with E-state index < -0.39 is 0 Å². The lowest BCUT2D eigenvalue weighted by Crippen LogP contribution is -2.07. The minimum Gasteiger partial charge on any atom is -0.339 e. The second kappa shape index (κ2) is 5.89. The van der Waals surface area contributed by atoms with Gasteiger partial charge < -0.3 is 10.4 Å². The van der Waals surface area contributed by atoms with Gasteiger partial charge in [-0.15, -0.1) is 0 Å². The molecule has 0 aliphatic heterocycles. The van der Waals surface area contributed by atoms with Crippen molar-refractivity contribution >= 4 is 54.4 Å². The van der Waals surface area contributed by atoms with Crippen molar-refractivity contribution in [2.75, 3.05) is 5.84 Å². The normalized spacial score (nSPS) is 12.0. The lowest BCUT2D eigenvalue weighted by molar-refractivity contribution is 1.13. The first-order valence-electron chi connectivity index (χ1n) is 10.5. The summed E-state index contributed by atoms with van der Waals surface area (Å²) in [6, 6.07) is 36.5. The minimum absolute atomic E-state index is 1.05. The summed E-state index contributed by atoms with van der Waals surface area (Å²) in [5, 5.41) is 7.22. The van der Waals surface area contributed by atoms with Crippen LogP contribution in [0.15, 0.2) is 103 Å². The third kappa shape index (κ3) is 2.12. The van der Waals surface area contributed by atoms with E-state index in [9.17, 15) is 0 Å². The van der Waals surface area contributed by atoms with Crippen molar-refractivity contribution in [3.63, 3.8) is 0 Å². The highest BCUT2D eigenvalue weighted by Crippen LogP contribution is 2.40. The molecule has 0 aliphatic rings. The SMILES string of the molecule is Nn1c2cc3ccccc3cc2c2ccc3c(c4ccccc4n3-c3ccccc3)c21. The molecule has 0 bridgehead atoms. The first-order valence-corrected chi connectivity index (χ1v) is 10.5. The zero-order chi connectivity index (χ0) is 20.5. The van der Waals surface area contributed by atoms with Gasteiger partial charge in [-0.05, 0) is 53.2 Å². The molecule has 146 valence electrons. The average Bonchev–Trinajstić information content (AvgIpc) is 3.30. The number of nitrogens with two attached hydrogens (primary N) is 1. The molecule has 2 aromatic heterocycles. The summed E-state index contributed by atoms with van der Waals surface area (Å²) >= 11 is 0. The van der Waals surface area contributed by atoms with Crippen molar-refractivity contribution in [1.82, 2.24) is 9.24 Å². The number of rotatable bonds is 1. The van der Waals surface area contributed by atoms with E-state index in [2.05, 4.69) is 108 Å². The van der Waals surface area contributed by atoms with Crippen LogP contribution in [0.5, 0.6) is 0 Å². The topological polar surface area (TPSA) is 35.9 Å². The molecule has 31 heavy (non-hydrogen) atoms. The van der Waals surface area contributed by atoms with Crippen molar-refractivity contribution in [2.24, 2.45) is 0 Å². The minimum atomic E-state index is 1.05. The number of fused-ring (bicyclic) bond motifs is 8. The molecular formula is C28H19N3. The lowest BCUT2D eigenvalue weighted by Gasteiger charge is -2.07. The van der Waals surface area contributed by atoms with Crippen LogP contribution in [0.3, 0.4) is 0 Å². The number of benzene rings is 5. The van der Waals surface area contributed by atoms with Crippen molar-refractivity contribution in [3.8, 4) is 5.69 Å². The van der Waals surface area contributed by atoms with Crippen molar-refractivity contribution in [1.29, 1.82) is 0 Å². The van der Waals surface area contributed by atoms with Gasteiger partial charge in [0.25, 0.3) is 0 Å². The van der Waals surface area contributed by atoms with Crippen LogP contribution in [0, 0.1) is 0 Å². The fourth-order valence-electron chi connectivity index (χ4n) is 5.13. The zero-order valence-electron chi connectivity index (χ0n) is 16.8. The third-order valence-electron chi connectivity index (χ3n) is 6.48. The quantitative estimate of drug-likeness (QED) is 0.305. The summed E-state index contributed by atoms with van der Waals surface area (Å²) < 4.78 is 4.21. The average molecular weight is 397 g/mol. The molecule has 3 nitrogen and oxygen atoms in total. The van der Waals surface area contributed by atoms with Crippen LogP contribution in [0.1, 0.15) is 0 Å². The summed E-state index contributed by atoms with van der Waals surface area (Å²) in [6.07, 6.45) is 0. The highest BCUT2D eigenvalue weighted by atomic mass is 15.3. The lowest BCUT2D eigenvalue weighted by atomic mass is 10.0. The van der Waals surface area contributed by atoms with Gasteiger partial charge in [-0.3, -0.25) is 4.68 Å². The van der Waals surface area contributed by atoms with Crippen LogP contribution in [-0.2, 0) is 0 Å². The molecule has 0 aliphatic carbocycles. The summed E-state index contributed by atoms with van der Waals surface area (Å²) in [4.78, 5) is 0. The molecule has 2 N–H and O–H groups in total. The maximum atomic E-state index is 6.78. The Morgan fingerprint density at radius 1 is 0.516 bits per heavy atom. The van der Waals surface area contributed by atoms with Crippen LogP contribution >= 0.6 is 0 Å². The molecule has 0 amide bonds. The third-order valence-corrected chi connectivity index (χ3v) is 6.48. The second-order valence-electron chi connectivity index (χ2n) is 8.13. The fourth-order valence-corrected chi connectivity index (χ4v) is 5.13. The van der Waals surface area contributed by atoms with Gasteiger partial charge in [-0.25, -0.2) is 0 Å². The summed E-state index contributed by atoms with van der Waals surface area (Å²) in [5.74, 6) is 6.78. The number of para-hydroxylation sites is 2. The highest BCUT2D eigenvalue weighted by Gasteiger charge is 2.19. The Morgan fingerprint density at radius 3 is 2.06 bits per heavy atom. The monoisotopic (exact) mass is 397 g/mol. The Kier molecular flexibility index (Phi) is 3.15. The standard InChI is InChI=1S/C28H19N3/c29-31-26-17-19-9-5-4-8-18(19)16-23(26)21-14-15-25-27(28(21)31)22-12-6-7-13-24(22)30(25)20-10-2-1-3-11-20/h1-17H,29H2. The van der Waals surface area contributed by atoms with Gasteiger partial charge in [-0.1, -0.05) is 60.7 Å². The molecule has 0 atom stereocenters. The number of nitrogens with zero attached hydrogens (tertiary/aromatic N) is 2. The van der Waals surface area contributed by atoms with Gasteiger partial charge in [0.15, 0.2) is 0 Å². The van der Waals surface area contributed by atoms with E-state index >= 15 is 0 Å². The Bertz CT molecular complexity index is 1790. The molecule has 0 fully saturated rings. The van der Waals surface area contributed by atoms with Gasteiger partial charge in [0.2, 0.25) is 0 Å². The van der Waals surface area contributed by atoms with E-state index in [0.717, 1.165) is 16.7 Å². The van der Waals surface area contributed by atoms with Crippen LogP contribution in [0.25, 0.3) is 60.1 Å². The maximum Gasteiger partial charge on any atom is 0.0803 e. The van der Waals surface area contributed by atoms with E-state index in [4.69, 9.17) is 5.84 Å². The van der Waals surface area contributed by atoms with Gasteiger partial charge in [0.1, 0.15) is 0 Å². The largest absolute Gasteiger partial charge is 0.339 e. The van der Waals surface area contributed by atoms with E-state index in [-0.39, 0.29) is 0 Å². The zero-order valence-corrected chi connectivity index (χ0v) is 16.8. The van der Waals surface area contributed by atoms with Gasteiger partial charge in [0.05, 0.1) is 22.1 Å².